The van der Waals surface area contributed by atoms with Crippen molar-refractivity contribution in [3.05, 3.63) is 65.5 Å². The van der Waals surface area contributed by atoms with E-state index in [1.165, 1.54) is 0 Å². The monoisotopic (exact) mass is 279 g/mol. The first-order valence-corrected chi connectivity index (χ1v) is 6.24. The molecule has 0 fully saturated rings. The van der Waals surface area contributed by atoms with E-state index in [0.29, 0.717) is 11.1 Å². The zero-order chi connectivity index (χ0) is 15.1. The molecule has 2 amide bonds. The minimum atomic E-state index is -0.473. The first-order chi connectivity index (χ1) is 10.2. The van der Waals surface area contributed by atoms with Gasteiger partial charge in [-0.05, 0) is 36.4 Å². The normalized spacial score (nSPS) is 9.33. The molecular weight excluding hydrogens is 266 g/mol. The summed E-state index contributed by atoms with van der Waals surface area (Å²) in [5.74, 6) is 5.05. The minimum absolute atomic E-state index is 0.198. The van der Waals surface area contributed by atoms with Crippen LogP contribution in [0, 0.1) is 11.8 Å². The maximum Gasteiger partial charge on any atom is 0.252 e. The van der Waals surface area contributed by atoms with Gasteiger partial charge in [0.1, 0.15) is 0 Å². The van der Waals surface area contributed by atoms with Crippen LogP contribution in [0.15, 0.2) is 48.8 Å². The van der Waals surface area contributed by atoms with Crippen molar-refractivity contribution in [3.8, 4) is 11.8 Å². The summed E-state index contributed by atoms with van der Waals surface area (Å²) in [4.78, 5) is 26.5. The zero-order valence-electron chi connectivity index (χ0n) is 11.2. The van der Waals surface area contributed by atoms with Gasteiger partial charge in [-0.15, -0.1) is 0 Å². The van der Waals surface area contributed by atoms with Crippen LogP contribution in [0.1, 0.15) is 26.3 Å². The summed E-state index contributed by atoms with van der Waals surface area (Å²) in [6.45, 7) is 0.235. The van der Waals surface area contributed by atoms with Gasteiger partial charge in [-0.1, -0.05) is 11.8 Å². The van der Waals surface area contributed by atoms with Gasteiger partial charge in [-0.2, -0.15) is 0 Å². The lowest BCUT2D eigenvalue weighted by molar-refractivity contribution is 0.0957. The number of carbonyl (C=O) groups is 2. The molecule has 2 aromatic rings. The van der Waals surface area contributed by atoms with Gasteiger partial charge in [0.05, 0.1) is 6.54 Å². The summed E-state index contributed by atoms with van der Waals surface area (Å²) in [6, 6.07) is 9.90. The van der Waals surface area contributed by atoms with Crippen LogP contribution in [0.4, 0.5) is 0 Å². The summed E-state index contributed by atoms with van der Waals surface area (Å²) in [5.41, 5.74) is 6.87. The largest absolute Gasteiger partial charge is 0.366 e. The van der Waals surface area contributed by atoms with Crippen LogP contribution in [0.25, 0.3) is 0 Å². The van der Waals surface area contributed by atoms with E-state index >= 15 is 0 Å². The Morgan fingerprint density at radius 2 is 1.71 bits per heavy atom. The Labute approximate surface area is 122 Å². The number of nitrogens with zero attached hydrogens (tertiary/aromatic N) is 1. The quantitative estimate of drug-likeness (QED) is 0.821. The van der Waals surface area contributed by atoms with Gasteiger partial charge in [-0.3, -0.25) is 14.6 Å². The van der Waals surface area contributed by atoms with E-state index in [4.69, 9.17) is 5.73 Å². The van der Waals surface area contributed by atoms with Crippen LogP contribution in [0.2, 0.25) is 0 Å². The van der Waals surface area contributed by atoms with Crippen molar-refractivity contribution < 1.29 is 9.59 Å². The molecule has 0 bridgehead atoms. The second-order valence-electron chi connectivity index (χ2n) is 4.16. The average molecular weight is 279 g/mol. The van der Waals surface area contributed by atoms with Gasteiger partial charge in [0.25, 0.3) is 5.91 Å². The molecule has 0 aliphatic rings. The van der Waals surface area contributed by atoms with E-state index in [-0.39, 0.29) is 12.5 Å². The van der Waals surface area contributed by atoms with E-state index in [2.05, 4.69) is 22.1 Å². The molecule has 5 heteroatoms. The van der Waals surface area contributed by atoms with E-state index < -0.39 is 5.91 Å². The molecule has 0 aliphatic heterocycles. The summed E-state index contributed by atoms with van der Waals surface area (Å²) < 4.78 is 0. The number of primary amides is 1. The number of nitrogens with one attached hydrogen (secondary N) is 1. The molecule has 0 saturated carbocycles. The lowest BCUT2D eigenvalue weighted by Gasteiger charge is -1.99. The fraction of sp³-hybridized carbons (Fsp3) is 0.0625. The van der Waals surface area contributed by atoms with Gasteiger partial charge in [0.2, 0.25) is 5.91 Å². The standard InChI is InChI=1S/C16H13N3O2/c17-15(20)13-5-3-12(4-6-13)2-1-9-19-16(21)14-7-10-18-11-8-14/h3-8,10-11H,9H2,(H2,17,20)(H,19,21). The number of nitrogens with two attached hydrogens (primary N) is 1. The van der Waals surface area contributed by atoms with Gasteiger partial charge < -0.3 is 11.1 Å². The minimum Gasteiger partial charge on any atom is -0.366 e. The molecule has 0 radical (unpaired) electrons. The molecule has 2 rings (SSSR count). The Hall–Kier alpha value is -3.13. The molecule has 0 spiro atoms. The van der Waals surface area contributed by atoms with Crippen molar-refractivity contribution in [2.75, 3.05) is 6.54 Å². The third-order valence-corrected chi connectivity index (χ3v) is 2.68. The summed E-state index contributed by atoms with van der Waals surface area (Å²) in [5, 5.41) is 2.68. The smallest absolute Gasteiger partial charge is 0.252 e. The van der Waals surface area contributed by atoms with Crippen molar-refractivity contribution >= 4 is 11.8 Å². The number of benzene rings is 1. The van der Waals surface area contributed by atoms with Crippen LogP contribution in [0.5, 0.6) is 0 Å². The van der Waals surface area contributed by atoms with Crippen LogP contribution >= 0.6 is 0 Å². The predicted octanol–water partition coefficient (Wildman–Crippen LogP) is 0.962. The third kappa shape index (κ3) is 4.18. The van der Waals surface area contributed by atoms with Gasteiger partial charge in [-0.25, -0.2) is 0 Å². The Balaban J connectivity index is 1.89. The topological polar surface area (TPSA) is 85.1 Å². The van der Waals surface area contributed by atoms with E-state index in [1.54, 1.807) is 48.8 Å². The molecule has 3 N–H and O–H groups in total. The number of pyridine rings is 1. The van der Waals surface area contributed by atoms with Gasteiger partial charge in [0, 0.05) is 29.1 Å². The highest BCUT2D eigenvalue weighted by atomic mass is 16.2. The first-order valence-electron chi connectivity index (χ1n) is 6.24. The lowest BCUT2D eigenvalue weighted by atomic mass is 10.1. The fourth-order valence-corrected chi connectivity index (χ4v) is 1.59. The molecule has 104 valence electrons. The SMILES string of the molecule is NC(=O)c1ccc(C#CCNC(=O)c2ccncc2)cc1. The predicted molar refractivity (Wildman–Crippen MR) is 78.4 cm³/mol. The van der Waals surface area contributed by atoms with Crippen molar-refractivity contribution in [2.24, 2.45) is 5.73 Å². The number of hydrogen-bond acceptors (Lipinski definition) is 3. The molecular formula is C16H13N3O2. The van der Waals surface area contributed by atoms with Crippen LogP contribution in [-0.2, 0) is 0 Å². The molecule has 0 aliphatic carbocycles. The van der Waals surface area contributed by atoms with Crippen molar-refractivity contribution in [2.45, 2.75) is 0 Å². The highest BCUT2D eigenvalue weighted by Crippen LogP contribution is 2.02. The summed E-state index contributed by atoms with van der Waals surface area (Å²) >= 11 is 0. The van der Waals surface area contributed by atoms with E-state index in [0.717, 1.165) is 5.56 Å². The van der Waals surface area contributed by atoms with Crippen molar-refractivity contribution in [1.82, 2.24) is 10.3 Å². The number of rotatable bonds is 3. The Morgan fingerprint density at radius 1 is 1.05 bits per heavy atom. The zero-order valence-corrected chi connectivity index (χ0v) is 11.2. The number of aromatic nitrogens is 1. The van der Waals surface area contributed by atoms with Crippen LogP contribution in [-0.4, -0.2) is 23.3 Å². The highest BCUT2D eigenvalue weighted by Gasteiger charge is 2.01. The molecule has 5 nitrogen and oxygen atoms in total. The second kappa shape index (κ2) is 6.87. The van der Waals surface area contributed by atoms with Crippen molar-refractivity contribution in [1.29, 1.82) is 0 Å². The second-order valence-corrected chi connectivity index (χ2v) is 4.16. The number of carbonyl (C=O) groups excluding carboxylic acids is 2. The van der Waals surface area contributed by atoms with Crippen molar-refractivity contribution in [3.63, 3.8) is 0 Å². The van der Waals surface area contributed by atoms with Gasteiger partial charge >= 0.3 is 0 Å². The number of amides is 2. The maximum absolute atomic E-state index is 11.7. The summed E-state index contributed by atoms with van der Waals surface area (Å²) in [6.07, 6.45) is 3.11. The molecule has 1 aromatic carbocycles. The third-order valence-electron chi connectivity index (χ3n) is 2.68. The lowest BCUT2D eigenvalue weighted by Crippen LogP contribution is -2.23. The Morgan fingerprint density at radius 3 is 2.33 bits per heavy atom. The Kier molecular flexibility index (Phi) is 4.67. The Bertz CT molecular complexity index is 698. The van der Waals surface area contributed by atoms with E-state index in [9.17, 15) is 9.59 Å². The summed E-state index contributed by atoms with van der Waals surface area (Å²) in [7, 11) is 0. The van der Waals surface area contributed by atoms with Crippen LogP contribution in [0.3, 0.4) is 0 Å². The fourth-order valence-electron chi connectivity index (χ4n) is 1.59. The van der Waals surface area contributed by atoms with Gasteiger partial charge in [0.15, 0.2) is 0 Å². The highest BCUT2D eigenvalue weighted by molar-refractivity contribution is 5.94. The first kappa shape index (κ1) is 14.3. The van der Waals surface area contributed by atoms with Crippen LogP contribution < -0.4 is 11.1 Å². The number of hydrogen-bond donors (Lipinski definition) is 2. The molecule has 0 unspecified atom stereocenters. The molecule has 1 aromatic heterocycles. The maximum atomic E-state index is 11.7. The molecule has 21 heavy (non-hydrogen) atoms. The molecule has 1 heterocycles. The molecule has 0 saturated heterocycles. The van der Waals surface area contributed by atoms with E-state index in [1.807, 2.05) is 0 Å². The average Bonchev–Trinajstić information content (AvgIpc) is 2.52. The molecule has 0 atom stereocenters.